The first-order valence-electron chi connectivity index (χ1n) is 7.44. The number of benzene rings is 1. The Hall–Kier alpha value is -1.19. The van der Waals surface area contributed by atoms with Crippen LogP contribution in [0.25, 0.3) is 0 Å². The highest BCUT2D eigenvalue weighted by Crippen LogP contribution is 2.06. The maximum Gasteiger partial charge on any atom is 0.164 e. The Balaban J connectivity index is 2.46. The Morgan fingerprint density at radius 1 is 1.05 bits per heavy atom. The highest BCUT2D eigenvalue weighted by Gasteiger charge is 2.11. The van der Waals surface area contributed by atoms with Crippen molar-refractivity contribution in [3.8, 4) is 0 Å². The van der Waals surface area contributed by atoms with Crippen LogP contribution in [-0.4, -0.2) is 55.9 Å². The smallest absolute Gasteiger partial charge is 0.164 e. The summed E-state index contributed by atoms with van der Waals surface area (Å²) >= 11 is 0. The number of carbonyl (C=O) groups excluding carboxylic acids is 1. The van der Waals surface area contributed by atoms with Crippen molar-refractivity contribution in [2.75, 3.05) is 40.3 Å². The monoisotopic (exact) mass is 276 g/mol. The van der Waals surface area contributed by atoms with Gasteiger partial charge in [-0.15, -0.1) is 0 Å². The predicted octanol–water partition coefficient (Wildman–Crippen LogP) is 2.78. The summed E-state index contributed by atoms with van der Waals surface area (Å²) in [4.78, 5) is 16.7. The van der Waals surface area contributed by atoms with Gasteiger partial charge in [-0.1, -0.05) is 44.2 Å². The minimum atomic E-state index is 0.240. The van der Waals surface area contributed by atoms with Gasteiger partial charge in [0.15, 0.2) is 5.78 Å². The van der Waals surface area contributed by atoms with E-state index in [-0.39, 0.29) is 5.78 Å². The minimum Gasteiger partial charge on any atom is -0.308 e. The van der Waals surface area contributed by atoms with Gasteiger partial charge in [-0.3, -0.25) is 4.79 Å². The molecule has 0 amide bonds. The lowest BCUT2D eigenvalue weighted by Crippen LogP contribution is -2.35. The van der Waals surface area contributed by atoms with E-state index < -0.39 is 0 Å². The Kier molecular flexibility index (Phi) is 7.48. The van der Waals surface area contributed by atoms with Gasteiger partial charge in [0.25, 0.3) is 0 Å². The normalized spacial score (nSPS) is 11.6. The van der Waals surface area contributed by atoms with E-state index in [1.807, 2.05) is 30.3 Å². The highest BCUT2D eigenvalue weighted by molar-refractivity contribution is 5.96. The molecular formula is C17H28N2O. The molecule has 3 heteroatoms. The number of rotatable bonds is 9. The van der Waals surface area contributed by atoms with Crippen molar-refractivity contribution in [1.82, 2.24) is 9.80 Å². The summed E-state index contributed by atoms with van der Waals surface area (Å²) in [5.74, 6) is 0.869. The Bertz CT molecular complexity index is 387. The SMILES string of the molecule is CC(C)CN(CCC(=O)c1ccccc1)CCN(C)C. The van der Waals surface area contributed by atoms with Crippen LogP contribution in [-0.2, 0) is 0 Å². The van der Waals surface area contributed by atoms with Gasteiger partial charge in [-0.2, -0.15) is 0 Å². The first-order chi connectivity index (χ1) is 9.49. The average molecular weight is 276 g/mol. The van der Waals surface area contributed by atoms with E-state index in [4.69, 9.17) is 0 Å². The van der Waals surface area contributed by atoms with Crippen LogP contribution in [0.5, 0.6) is 0 Å². The largest absolute Gasteiger partial charge is 0.308 e. The summed E-state index contributed by atoms with van der Waals surface area (Å²) in [6.45, 7) is 8.40. The van der Waals surface area contributed by atoms with E-state index in [1.54, 1.807) is 0 Å². The molecule has 0 fully saturated rings. The summed E-state index contributed by atoms with van der Waals surface area (Å²) in [5.41, 5.74) is 0.824. The van der Waals surface area contributed by atoms with E-state index in [0.29, 0.717) is 12.3 Å². The molecule has 0 aliphatic carbocycles. The topological polar surface area (TPSA) is 23.6 Å². The third-order valence-corrected chi connectivity index (χ3v) is 3.24. The molecule has 0 N–H and O–H groups in total. The van der Waals surface area contributed by atoms with Gasteiger partial charge in [0, 0.05) is 38.2 Å². The maximum atomic E-state index is 12.1. The summed E-state index contributed by atoms with van der Waals surface area (Å²) in [7, 11) is 4.17. The molecule has 0 saturated carbocycles. The molecule has 0 heterocycles. The van der Waals surface area contributed by atoms with Crippen LogP contribution in [0.15, 0.2) is 30.3 Å². The average Bonchev–Trinajstić information content (AvgIpc) is 2.42. The van der Waals surface area contributed by atoms with Crippen LogP contribution in [0, 0.1) is 5.92 Å². The number of ketones is 1. The van der Waals surface area contributed by atoms with Crippen LogP contribution < -0.4 is 0 Å². The van der Waals surface area contributed by atoms with E-state index in [1.165, 1.54) is 0 Å². The zero-order valence-electron chi connectivity index (χ0n) is 13.3. The minimum absolute atomic E-state index is 0.240. The van der Waals surface area contributed by atoms with Crippen LogP contribution in [0.4, 0.5) is 0 Å². The molecule has 112 valence electrons. The van der Waals surface area contributed by atoms with Gasteiger partial charge in [0.05, 0.1) is 0 Å². The highest BCUT2D eigenvalue weighted by atomic mass is 16.1. The summed E-state index contributed by atoms with van der Waals surface area (Å²) < 4.78 is 0. The molecule has 0 aliphatic heterocycles. The second-order valence-corrected chi connectivity index (χ2v) is 6.04. The zero-order chi connectivity index (χ0) is 15.0. The van der Waals surface area contributed by atoms with E-state index >= 15 is 0 Å². The molecule has 0 aromatic heterocycles. The lowest BCUT2D eigenvalue weighted by Gasteiger charge is -2.25. The molecule has 0 atom stereocenters. The van der Waals surface area contributed by atoms with Gasteiger partial charge >= 0.3 is 0 Å². The molecular weight excluding hydrogens is 248 g/mol. The molecule has 0 radical (unpaired) electrons. The summed E-state index contributed by atoms with van der Waals surface area (Å²) in [6.07, 6.45) is 0.601. The van der Waals surface area contributed by atoms with E-state index in [2.05, 4.69) is 37.7 Å². The first kappa shape index (κ1) is 16.9. The van der Waals surface area contributed by atoms with Crippen molar-refractivity contribution in [2.24, 2.45) is 5.92 Å². The van der Waals surface area contributed by atoms with Crippen molar-refractivity contribution in [1.29, 1.82) is 0 Å². The number of Topliss-reactive ketones (excluding diaryl/α,β-unsaturated/α-hetero) is 1. The molecule has 1 aromatic rings. The molecule has 0 saturated heterocycles. The van der Waals surface area contributed by atoms with Gasteiger partial charge in [0.2, 0.25) is 0 Å². The molecule has 1 aromatic carbocycles. The lowest BCUT2D eigenvalue weighted by atomic mass is 10.1. The van der Waals surface area contributed by atoms with Crippen molar-refractivity contribution in [3.05, 3.63) is 35.9 Å². The van der Waals surface area contributed by atoms with Gasteiger partial charge in [-0.05, 0) is 20.0 Å². The maximum absolute atomic E-state index is 12.1. The van der Waals surface area contributed by atoms with Crippen LogP contribution in [0.1, 0.15) is 30.6 Å². The van der Waals surface area contributed by atoms with Crippen molar-refractivity contribution < 1.29 is 4.79 Å². The summed E-state index contributed by atoms with van der Waals surface area (Å²) in [6, 6.07) is 9.58. The molecule has 0 spiro atoms. The molecule has 0 unspecified atom stereocenters. The van der Waals surface area contributed by atoms with E-state index in [0.717, 1.165) is 31.7 Å². The summed E-state index contributed by atoms with van der Waals surface area (Å²) in [5, 5.41) is 0. The Morgan fingerprint density at radius 2 is 1.70 bits per heavy atom. The molecule has 20 heavy (non-hydrogen) atoms. The number of carbonyl (C=O) groups is 1. The lowest BCUT2D eigenvalue weighted by molar-refractivity contribution is 0.0958. The Labute approximate surface area is 123 Å². The Morgan fingerprint density at radius 3 is 2.25 bits per heavy atom. The van der Waals surface area contributed by atoms with Crippen LogP contribution >= 0.6 is 0 Å². The molecule has 1 rings (SSSR count). The fourth-order valence-electron chi connectivity index (χ4n) is 2.18. The van der Waals surface area contributed by atoms with Crippen molar-refractivity contribution in [3.63, 3.8) is 0 Å². The standard InChI is InChI=1S/C17H28N2O/c1-15(2)14-19(13-12-18(3)4)11-10-17(20)16-8-6-5-7-9-16/h5-9,15H,10-14H2,1-4H3. The quantitative estimate of drug-likeness (QED) is 0.648. The fourth-order valence-corrected chi connectivity index (χ4v) is 2.18. The third kappa shape index (κ3) is 6.83. The molecule has 0 aliphatic rings. The van der Waals surface area contributed by atoms with E-state index in [9.17, 15) is 4.79 Å². The molecule has 0 bridgehead atoms. The number of nitrogens with zero attached hydrogens (tertiary/aromatic N) is 2. The van der Waals surface area contributed by atoms with Crippen molar-refractivity contribution >= 4 is 5.78 Å². The predicted molar refractivity (Wildman–Crippen MR) is 85.2 cm³/mol. The zero-order valence-corrected chi connectivity index (χ0v) is 13.3. The first-order valence-corrected chi connectivity index (χ1v) is 7.44. The second-order valence-electron chi connectivity index (χ2n) is 6.04. The van der Waals surface area contributed by atoms with Gasteiger partial charge in [-0.25, -0.2) is 0 Å². The van der Waals surface area contributed by atoms with Gasteiger partial charge < -0.3 is 9.80 Å². The number of hydrogen-bond acceptors (Lipinski definition) is 3. The third-order valence-electron chi connectivity index (χ3n) is 3.24. The van der Waals surface area contributed by atoms with Crippen molar-refractivity contribution in [2.45, 2.75) is 20.3 Å². The molecule has 3 nitrogen and oxygen atoms in total. The number of likely N-dealkylation sites (N-methyl/N-ethyl adjacent to an activating group) is 1. The van der Waals surface area contributed by atoms with Gasteiger partial charge in [0.1, 0.15) is 0 Å². The fraction of sp³-hybridized carbons (Fsp3) is 0.588. The number of hydrogen-bond donors (Lipinski definition) is 0. The second kappa shape index (κ2) is 8.88. The van der Waals surface area contributed by atoms with Crippen LogP contribution in [0.3, 0.4) is 0 Å². The van der Waals surface area contributed by atoms with Crippen LogP contribution in [0.2, 0.25) is 0 Å².